The highest BCUT2D eigenvalue weighted by Gasteiger charge is 2.40. The first-order valence-corrected chi connectivity index (χ1v) is 14.7. The fraction of sp³-hybridized carbons (Fsp3) is 0.636. The molecule has 2 aliphatic rings. The molecule has 1 aromatic carbocycles. The summed E-state index contributed by atoms with van der Waals surface area (Å²) in [4.78, 5) is 28.8. The van der Waals surface area contributed by atoms with Crippen molar-refractivity contribution in [3.63, 3.8) is 0 Å². The number of hydrogen-bond donors (Lipinski definition) is 2. The van der Waals surface area contributed by atoms with Gasteiger partial charge in [-0.1, -0.05) is 26.2 Å². The average Bonchev–Trinajstić information content (AvgIpc) is 3.55. The van der Waals surface area contributed by atoms with Crippen molar-refractivity contribution in [3.8, 4) is 11.3 Å². The van der Waals surface area contributed by atoms with Crippen LogP contribution in [0.5, 0.6) is 0 Å². The number of nitrogens with zero attached hydrogens (tertiary/aromatic N) is 2. The molecule has 0 aliphatic heterocycles. The average molecular weight is 536 g/mol. The van der Waals surface area contributed by atoms with Crippen molar-refractivity contribution in [2.75, 3.05) is 13.6 Å². The fourth-order valence-electron chi connectivity index (χ4n) is 5.59. The van der Waals surface area contributed by atoms with Gasteiger partial charge in [0, 0.05) is 42.6 Å². The maximum atomic E-state index is 13.7. The van der Waals surface area contributed by atoms with E-state index in [4.69, 9.17) is 0 Å². The smallest absolute Gasteiger partial charge is 0.254 e. The fourth-order valence-corrected chi connectivity index (χ4v) is 5.59. The molecule has 0 radical (unpaired) electrons. The van der Waals surface area contributed by atoms with E-state index < -0.39 is 5.60 Å². The number of aliphatic hydroxyl groups is 1. The predicted molar refractivity (Wildman–Crippen MR) is 158 cm³/mol. The Kier molecular flexibility index (Phi) is 8.11. The van der Waals surface area contributed by atoms with Gasteiger partial charge in [0.1, 0.15) is 0 Å². The van der Waals surface area contributed by atoms with Crippen molar-refractivity contribution in [3.05, 3.63) is 46.6 Å². The van der Waals surface area contributed by atoms with Gasteiger partial charge in [0.25, 0.3) is 11.8 Å². The second-order valence-corrected chi connectivity index (χ2v) is 14.0. The lowest BCUT2D eigenvalue weighted by Gasteiger charge is -2.32. The summed E-state index contributed by atoms with van der Waals surface area (Å²) in [6.07, 6.45) is 8.45. The molecule has 2 saturated carbocycles. The molecule has 6 nitrogen and oxygen atoms in total. The molecule has 0 saturated heterocycles. The lowest BCUT2D eigenvalue weighted by molar-refractivity contribution is 0.0655. The topological polar surface area (TPSA) is 74.6 Å². The molecule has 214 valence electrons. The van der Waals surface area contributed by atoms with E-state index in [2.05, 4.69) is 49.7 Å². The number of rotatable bonds is 8. The molecular formula is C33H49N3O3. The maximum absolute atomic E-state index is 13.7. The van der Waals surface area contributed by atoms with Crippen molar-refractivity contribution in [2.45, 2.75) is 117 Å². The first-order valence-electron chi connectivity index (χ1n) is 14.7. The Balaban J connectivity index is 1.82. The minimum absolute atomic E-state index is 0.0140. The molecule has 0 spiro atoms. The van der Waals surface area contributed by atoms with Crippen molar-refractivity contribution in [2.24, 2.45) is 5.92 Å². The van der Waals surface area contributed by atoms with E-state index >= 15 is 0 Å². The SMILES string of the molecule is Cc1c(C(=O)NCC(C)(C)O)cc(-c2cc(C(=O)N(C)C(C)(C)C)cc(C3(C)CC3)c2)n1CC1CCCCC1. The predicted octanol–water partition coefficient (Wildman–Crippen LogP) is 6.47. The molecule has 1 aromatic heterocycles. The lowest BCUT2D eigenvalue weighted by Crippen LogP contribution is -2.42. The highest BCUT2D eigenvalue weighted by atomic mass is 16.3. The molecule has 6 heteroatoms. The molecule has 39 heavy (non-hydrogen) atoms. The van der Waals surface area contributed by atoms with Gasteiger partial charge in [-0.2, -0.15) is 0 Å². The zero-order chi connectivity index (χ0) is 28.8. The summed E-state index contributed by atoms with van der Waals surface area (Å²) in [6, 6.07) is 8.34. The molecule has 4 rings (SSSR count). The van der Waals surface area contributed by atoms with Gasteiger partial charge < -0.3 is 19.9 Å². The van der Waals surface area contributed by atoms with E-state index in [-0.39, 0.29) is 29.3 Å². The molecule has 2 amide bonds. The summed E-state index contributed by atoms with van der Waals surface area (Å²) in [5, 5.41) is 13.1. The molecule has 2 N–H and O–H groups in total. The number of carbonyl (C=O) groups is 2. The van der Waals surface area contributed by atoms with Crippen LogP contribution >= 0.6 is 0 Å². The number of benzene rings is 1. The molecule has 0 bridgehead atoms. The highest BCUT2D eigenvalue weighted by molar-refractivity contribution is 5.98. The van der Waals surface area contributed by atoms with Crippen molar-refractivity contribution in [1.82, 2.24) is 14.8 Å². The van der Waals surface area contributed by atoms with Crippen LogP contribution in [0.3, 0.4) is 0 Å². The molecule has 0 atom stereocenters. The Morgan fingerprint density at radius 3 is 2.26 bits per heavy atom. The van der Waals surface area contributed by atoms with Crippen molar-refractivity contribution >= 4 is 11.8 Å². The second-order valence-electron chi connectivity index (χ2n) is 14.0. The van der Waals surface area contributed by atoms with Gasteiger partial charge in [0.15, 0.2) is 0 Å². The molecule has 1 heterocycles. The van der Waals surface area contributed by atoms with Crippen LogP contribution in [0.2, 0.25) is 0 Å². The number of nitrogens with one attached hydrogen (secondary N) is 1. The second kappa shape index (κ2) is 10.8. The Morgan fingerprint density at radius 1 is 1.05 bits per heavy atom. The third kappa shape index (κ3) is 6.77. The zero-order valence-corrected chi connectivity index (χ0v) is 25.4. The van der Waals surface area contributed by atoms with Gasteiger partial charge >= 0.3 is 0 Å². The Labute approximate surface area is 235 Å². The first kappa shape index (κ1) is 29.4. The molecule has 2 aliphatic carbocycles. The van der Waals surface area contributed by atoms with E-state index in [0.717, 1.165) is 36.3 Å². The Bertz CT molecular complexity index is 1220. The zero-order valence-electron chi connectivity index (χ0n) is 25.4. The van der Waals surface area contributed by atoms with Crippen LogP contribution in [0.15, 0.2) is 24.3 Å². The standard InChI is InChI=1S/C33H49N3O3/c1-22-27(29(37)34-21-32(5,6)39)19-28(36(22)20-23-12-10-9-11-13-23)24-16-25(30(38)35(8)31(2,3)4)18-26(17-24)33(7)14-15-33/h16-19,23,39H,9-15,20-21H2,1-8H3,(H,34,37). The van der Waals surface area contributed by atoms with Crippen LogP contribution < -0.4 is 5.32 Å². The maximum Gasteiger partial charge on any atom is 0.254 e. The van der Waals surface area contributed by atoms with Gasteiger partial charge in [-0.05, 0) is 114 Å². The van der Waals surface area contributed by atoms with Gasteiger partial charge in [-0.25, -0.2) is 0 Å². The van der Waals surface area contributed by atoms with E-state index in [1.807, 2.05) is 31.0 Å². The number of hydrogen-bond acceptors (Lipinski definition) is 3. The van der Waals surface area contributed by atoms with Gasteiger partial charge in [0.2, 0.25) is 0 Å². The normalized spacial score (nSPS) is 17.7. The first-order chi connectivity index (χ1) is 18.1. The van der Waals surface area contributed by atoms with Crippen molar-refractivity contribution in [1.29, 1.82) is 0 Å². The summed E-state index contributed by atoms with van der Waals surface area (Å²) in [7, 11) is 1.87. The quantitative estimate of drug-likeness (QED) is 0.407. The molecule has 2 fully saturated rings. The minimum atomic E-state index is -0.987. The lowest BCUT2D eigenvalue weighted by atomic mass is 9.89. The van der Waals surface area contributed by atoms with E-state index in [1.54, 1.807) is 13.8 Å². The number of amides is 2. The third-order valence-electron chi connectivity index (χ3n) is 8.94. The van der Waals surface area contributed by atoms with Crippen LogP contribution in [0, 0.1) is 12.8 Å². The largest absolute Gasteiger partial charge is 0.389 e. The number of aromatic nitrogens is 1. The Morgan fingerprint density at radius 2 is 1.69 bits per heavy atom. The van der Waals surface area contributed by atoms with Crippen LogP contribution in [0.1, 0.15) is 118 Å². The van der Waals surface area contributed by atoms with E-state index in [1.165, 1.54) is 37.7 Å². The van der Waals surface area contributed by atoms with E-state index in [0.29, 0.717) is 17.0 Å². The van der Waals surface area contributed by atoms with Crippen LogP contribution in [-0.4, -0.2) is 51.1 Å². The van der Waals surface area contributed by atoms with E-state index in [9.17, 15) is 14.7 Å². The number of carbonyl (C=O) groups excluding carboxylic acids is 2. The Hall–Kier alpha value is -2.60. The summed E-state index contributed by atoms with van der Waals surface area (Å²) in [6.45, 7) is 14.9. The van der Waals surface area contributed by atoms with Crippen molar-refractivity contribution < 1.29 is 14.7 Å². The summed E-state index contributed by atoms with van der Waals surface area (Å²) in [5.41, 5.74) is 4.26. The van der Waals surface area contributed by atoms with Gasteiger partial charge in [-0.3, -0.25) is 9.59 Å². The molecular weight excluding hydrogens is 486 g/mol. The minimum Gasteiger partial charge on any atom is -0.389 e. The van der Waals surface area contributed by atoms with Crippen LogP contribution in [0.25, 0.3) is 11.3 Å². The van der Waals surface area contributed by atoms with Gasteiger partial charge in [0.05, 0.1) is 11.2 Å². The monoisotopic (exact) mass is 535 g/mol. The van der Waals surface area contributed by atoms with Crippen LogP contribution in [-0.2, 0) is 12.0 Å². The van der Waals surface area contributed by atoms with Gasteiger partial charge in [-0.15, -0.1) is 0 Å². The third-order valence-corrected chi connectivity index (χ3v) is 8.94. The molecule has 0 unspecified atom stereocenters. The summed E-state index contributed by atoms with van der Waals surface area (Å²) < 4.78 is 2.31. The summed E-state index contributed by atoms with van der Waals surface area (Å²) >= 11 is 0. The highest BCUT2D eigenvalue weighted by Crippen LogP contribution is 2.49. The van der Waals surface area contributed by atoms with Crippen LogP contribution in [0.4, 0.5) is 0 Å². The molecule has 2 aromatic rings. The summed E-state index contributed by atoms with van der Waals surface area (Å²) in [5.74, 6) is 0.417.